The summed E-state index contributed by atoms with van der Waals surface area (Å²) in [7, 11) is 0. The first kappa shape index (κ1) is 18.9. The second kappa shape index (κ2) is 9.69. The number of amides is 1. The zero-order chi connectivity index (χ0) is 18.9. The number of carbonyl (C=O) groups excluding carboxylic acids is 1. The van der Waals surface area contributed by atoms with Crippen molar-refractivity contribution in [3.05, 3.63) is 78.3 Å². The van der Waals surface area contributed by atoms with Gasteiger partial charge in [0.1, 0.15) is 0 Å². The number of carbonyl (C=O) groups is 1. The molecule has 0 aliphatic heterocycles. The molecule has 0 aliphatic carbocycles. The molecule has 3 aromatic rings. The maximum absolute atomic E-state index is 12.6. The average molecular weight is 363 g/mol. The quantitative estimate of drug-likeness (QED) is 0.633. The average Bonchev–Trinajstić information content (AvgIpc) is 3.20. The monoisotopic (exact) mass is 363 g/mol. The largest absolute Gasteiger partial charge is 0.441 e. The second-order valence-corrected chi connectivity index (χ2v) is 6.39. The highest BCUT2D eigenvalue weighted by molar-refractivity contribution is 5.76. The molecule has 0 atom stereocenters. The van der Waals surface area contributed by atoms with Crippen molar-refractivity contribution in [3.8, 4) is 11.3 Å². The Kier molecular flexibility index (Phi) is 6.77. The molecule has 27 heavy (non-hydrogen) atoms. The van der Waals surface area contributed by atoms with Crippen LogP contribution >= 0.6 is 0 Å². The fraction of sp³-hybridized carbons (Fsp3) is 0.273. The summed E-state index contributed by atoms with van der Waals surface area (Å²) in [6.07, 6.45) is 3.38. The number of hydrogen-bond donors (Lipinski definition) is 1. The van der Waals surface area contributed by atoms with E-state index in [2.05, 4.69) is 17.1 Å². The van der Waals surface area contributed by atoms with Crippen LogP contribution in [0.5, 0.6) is 0 Å². The first-order chi connectivity index (χ1) is 13.3. The van der Waals surface area contributed by atoms with Crippen LogP contribution in [-0.2, 0) is 17.6 Å². The van der Waals surface area contributed by atoms with E-state index in [1.54, 1.807) is 6.20 Å². The number of nitrogens with two attached hydrogens (primary N) is 1. The Morgan fingerprint density at radius 2 is 1.67 bits per heavy atom. The molecule has 140 valence electrons. The summed E-state index contributed by atoms with van der Waals surface area (Å²) in [5, 5.41) is 0. The van der Waals surface area contributed by atoms with E-state index in [0.29, 0.717) is 38.4 Å². The number of rotatable bonds is 9. The van der Waals surface area contributed by atoms with E-state index < -0.39 is 0 Å². The Morgan fingerprint density at radius 1 is 0.963 bits per heavy atom. The third kappa shape index (κ3) is 5.53. The fourth-order valence-corrected chi connectivity index (χ4v) is 2.96. The van der Waals surface area contributed by atoms with Gasteiger partial charge in [0.15, 0.2) is 11.7 Å². The van der Waals surface area contributed by atoms with Gasteiger partial charge in [-0.05, 0) is 12.0 Å². The third-order valence-corrected chi connectivity index (χ3v) is 4.43. The van der Waals surface area contributed by atoms with E-state index >= 15 is 0 Å². The number of aryl methyl sites for hydroxylation is 1. The Hall–Kier alpha value is -2.92. The van der Waals surface area contributed by atoms with E-state index in [1.807, 2.05) is 53.4 Å². The van der Waals surface area contributed by atoms with Crippen LogP contribution in [0.2, 0.25) is 0 Å². The number of nitrogens with zero attached hydrogens (tertiary/aromatic N) is 2. The van der Waals surface area contributed by atoms with Crippen molar-refractivity contribution in [2.45, 2.75) is 19.3 Å². The Labute approximate surface area is 159 Å². The lowest BCUT2D eigenvalue weighted by Crippen LogP contribution is -2.37. The van der Waals surface area contributed by atoms with Crippen LogP contribution in [0.4, 0.5) is 0 Å². The van der Waals surface area contributed by atoms with Gasteiger partial charge in [0.05, 0.1) is 6.20 Å². The normalized spacial score (nSPS) is 10.7. The highest BCUT2D eigenvalue weighted by Crippen LogP contribution is 2.20. The first-order valence-corrected chi connectivity index (χ1v) is 9.28. The van der Waals surface area contributed by atoms with Crippen LogP contribution in [0.15, 0.2) is 71.3 Å². The molecule has 0 saturated carbocycles. The van der Waals surface area contributed by atoms with Crippen molar-refractivity contribution in [2.75, 3.05) is 19.6 Å². The molecule has 0 aliphatic rings. The summed E-state index contributed by atoms with van der Waals surface area (Å²) in [4.78, 5) is 18.7. The lowest BCUT2D eigenvalue weighted by atomic mass is 10.1. The molecular weight excluding hydrogens is 338 g/mol. The minimum Gasteiger partial charge on any atom is -0.441 e. The van der Waals surface area contributed by atoms with Gasteiger partial charge in [-0.2, -0.15) is 0 Å². The van der Waals surface area contributed by atoms with Crippen LogP contribution in [-0.4, -0.2) is 35.4 Å². The first-order valence-electron chi connectivity index (χ1n) is 9.28. The number of oxazole rings is 1. The topological polar surface area (TPSA) is 72.4 Å². The lowest BCUT2D eigenvalue weighted by Gasteiger charge is -2.22. The maximum atomic E-state index is 12.6. The minimum absolute atomic E-state index is 0.0795. The van der Waals surface area contributed by atoms with Crippen molar-refractivity contribution >= 4 is 5.91 Å². The summed E-state index contributed by atoms with van der Waals surface area (Å²) in [5.41, 5.74) is 7.88. The van der Waals surface area contributed by atoms with E-state index in [4.69, 9.17) is 10.2 Å². The molecule has 3 rings (SSSR count). The molecule has 2 N–H and O–H groups in total. The molecule has 0 saturated heterocycles. The van der Waals surface area contributed by atoms with Crippen molar-refractivity contribution < 1.29 is 9.21 Å². The van der Waals surface area contributed by atoms with Gasteiger partial charge in [-0.3, -0.25) is 4.79 Å². The van der Waals surface area contributed by atoms with Gasteiger partial charge in [0, 0.05) is 38.0 Å². The van der Waals surface area contributed by atoms with Crippen LogP contribution in [0.1, 0.15) is 17.9 Å². The minimum atomic E-state index is 0.0795. The van der Waals surface area contributed by atoms with Gasteiger partial charge in [-0.1, -0.05) is 60.7 Å². The van der Waals surface area contributed by atoms with Gasteiger partial charge in [0.25, 0.3) is 0 Å². The van der Waals surface area contributed by atoms with Crippen LogP contribution in [0.3, 0.4) is 0 Å². The van der Waals surface area contributed by atoms with Crippen molar-refractivity contribution in [3.63, 3.8) is 0 Å². The SMILES string of the molecule is NCCN(CCc1ccccc1)C(=O)CCc1ncc(-c2ccccc2)o1. The van der Waals surface area contributed by atoms with Crippen molar-refractivity contribution in [2.24, 2.45) is 5.73 Å². The van der Waals surface area contributed by atoms with E-state index in [1.165, 1.54) is 5.56 Å². The summed E-state index contributed by atoms with van der Waals surface area (Å²) in [5.74, 6) is 1.38. The molecule has 2 aromatic carbocycles. The zero-order valence-corrected chi connectivity index (χ0v) is 15.4. The molecular formula is C22H25N3O2. The second-order valence-electron chi connectivity index (χ2n) is 6.39. The zero-order valence-electron chi connectivity index (χ0n) is 15.4. The Morgan fingerprint density at radius 3 is 2.37 bits per heavy atom. The van der Waals surface area contributed by atoms with E-state index in [0.717, 1.165) is 17.7 Å². The van der Waals surface area contributed by atoms with Crippen LogP contribution in [0.25, 0.3) is 11.3 Å². The smallest absolute Gasteiger partial charge is 0.223 e. The van der Waals surface area contributed by atoms with E-state index in [9.17, 15) is 4.79 Å². The maximum Gasteiger partial charge on any atom is 0.223 e. The molecule has 5 nitrogen and oxygen atoms in total. The highest BCUT2D eigenvalue weighted by Gasteiger charge is 2.15. The molecule has 0 bridgehead atoms. The lowest BCUT2D eigenvalue weighted by molar-refractivity contribution is -0.131. The summed E-state index contributed by atoms with van der Waals surface area (Å²) >= 11 is 0. The highest BCUT2D eigenvalue weighted by atomic mass is 16.4. The number of benzene rings is 2. The summed E-state index contributed by atoms with van der Waals surface area (Å²) < 4.78 is 5.78. The molecule has 1 amide bonds. The Balaban J connectivity index is 1.54. The summed E-state index contributed by atoms with van der Waals surface area (Å²) in [6.45, 7) is 1.69. The van der Waals surface area contributed by atoms with Crippen molar-refractivity contribution in [1.29, 1.82) is 0 Å². The molecule has 1 heterocycles. The van der Waals surface area contributed by atoms with Gasteiger partial charge in [0.2, 0.25) is 5.91 Å². The number of hydrogen-bond acceptors (Lipinski definition) is 4. The standard InChI is InChI=1S/C22H25N3O2/c23-14-16-25(15-13-18-7-3-1-4-8-18)22(26)12-11-21-24-17-20(27-21)19-9-5-2-6-10-19/h1-10,17H,11-16,23H2. The van der Waals surface area contributed by atoms with Gasteiger partial charge in [-0.15, -0.1) is 0 Å². The number of aromatic nitrogens is 1. The molecule has 1 aromatic heterocycles. The van der Waals surface area contributed by atoms with Gasteiger partial charge >= 0.3 is 0 Å². The third-order valence-electron chi connectivity index (χ3n) is 4.43. The predicted octanol–water partition coefficient (Wildman–Crippen LogP) is 3.30. The van der Waals surface area contributed by atoms with Crippen LogP contribution < -0.4 is 5.73 Å². The fourth-order valence-electron chi connectivity index (χ4n) is 2.96. The molecule has 5 heteroatoms. The molecule has 0 unspecified atom stereocenters. The predicted molar refractivity (Wildman–Crippen MR) is 106 cm³/mol. The van der Waals surface area contributed by atoms with Crippen LogP contribution in [0, 0.1) is 0 Å². The molecule has 0 spiro atoms. The molecule has 0 fully saturated rings. The van der Waals surface area contributed by atoms with Gasteiger partial charge in [-0.25, -0.2) is 4.98 Å². The van der Waals surface area contributed by atoms with E-state index in [-0.39, 0.29) is 5.91 Å². The Bertz CT molecular complexity index is 831. The van der Waals surface area contributed by atoms with Gasteiger partial charge < -0.3 is 15.1 Å². The van der Waals surface area contributed by atoms with Crippen molar-refractivity contribution in [1.82, 2.24) is 9.88 Å². The summed E-state index contributed by atoms with van der Waals surface area (Å²) in [6, 6.07) is 20.0. The molecule has 0 radical (unpaired) electrons.